The number of hydrogen-bond donors (Lipinski definition) is 3. The quantitative estimate of drug-likeness (QED) is 0.0731. The Kier molecular flexibility index (Phi) is 13.1. The molecule has 292 valence electrons. The monoisotopic (exact) mass is 783 g/mol. The van der Waals surface area contributed by atoms with Crippen molar-refractivity contribution in [2.24, 2.45) is 5.92 Å². The maximum atomic E-state index is 12.4. The highest BCUT2D eigenvalue weighted by atomic mass is 32.2. The summed E-state index contributed by atoms with van der Waals surface area (Å²) in [6.07, 6.45) is -1.18. The van der Waals surface area contributed by atoms with E-state index in [0.717, 1.165) is 56.0 Å². The minimum Gasteiger partial charge on any atom is -0.465 e. The number of oxazole rings is 1. The molecule has 2 heterocycles. The van der Waals surface area contributed by atoms with Gasteiger partial charge in [0, 0.05) is 34.9 Å². The average Bonchev–Trinajstić information content (AvgIpc) is 3.70. The molecule has 1 aliphatic rings. The number of esters is 1. The van der Waals surface area contributed by atoms with E-state index in [1.165, 1.54) is 11.8 Å². The number of nitrogens with one attached hydrogen (secondary N) is 2. The largest absolute Gasteiger partial charge is 0.465 e. The van der Waals surface area contributed by atoms with Crippen LogP contribution in [0.2, 0.25) is 0 Å². The first-order valence-electron chi connectivity index (χ1n) is 19.0. The number of amides is 2. The minimum absolute atomic E-state index is 0.0287. The Hall–Kier alpha value is -5.72. The zero-order valence-corrected chi connectivity index (χ0v) is 32.6. The molecule has 4 atom stereocenters. The summed E-state index contributed by atoms with van der Waals surface area (Å²) in [4.78, 5) is 29.0. The predicted molar refractivity (Wildman–Crippen MR) is 220 cm³/mol. The van der Waals surface area contributed by atoms with Gasteiger partial charge in [-0.25, -0.2) is 9.78 Å². The van der Waals surface area contributed by atoms with Crippen LogP contribution in [0.3, 0.4) is 0 Å². The molecule has 1 aliphatic heterocycles. The number of hydrogen-bond acceptors (Lipinski definition) is 9. The van der Waals surface area contributed by atoms with Crippen molar-refractivity contribution in [3.05, 3.63) is 156 Å². The van der Waals surface area contributed by atoms with Crippen molar-refractivity contribution < 1.29 is 33.3 Å². The number of rotatable bonds is 14. The fraction of sp³-hybridized carbons (Fsp3) is 0.239. The van der Waals surface area contributed by atoms with E-state index in [2.05, 4.69) is 17.6 Å². The lowest BCUT2D eigenvalue weighted by molar-refractivity contribution is -0.268. The van der Waals surface area contributed by atoms with Crippen LogP contribution in [0.15, 0.2) is 143 Å². The third-order valence-corrected chi connectivity index (χ3v) is 10.8. The minimum atomic E-state index is -0.660. The van der Waals surface area contributed by atoms with E-state index in [1.54, 1.807) is 6.92 Å². The van der Waals surface area contributed by atoms with Gasteiger partial charge in [0.1, 0.15) is 12.2 Å². The molecule has 1 aromatic heterocycles. The fourth-order valence-electron chi connectivity index (χ4n) is 6.78. The highest BCUT2D eigenvalue weighted by Crippen LogP contribution is 2.44. The van der Waals surface area contributed by atoms with Gasteiger partial charge in [-0.1, -0.05) is 152 Å². The number of carbonyl (C=O) groups excluding carboxylic acids is 2. The Morgan fingerprint density at radius 2 is 1.44 bits per heavy atom. The van der Waals surface area contributed by atoms with E-state index >= 15 is 0 Å². The first-order valence-corrected chi connectivity index (χ1v) is 20.0. The molecular weight excluding hydrogens is 739 g/mol. The summed E-state index contributed by atoms with van der Waals surface area (Å²) in [5.41, 5.74) is 8.25. The van der Waals surface area contributed by atoms with E-state index in [1.807, 2.05) is 133 Å². The summed E-state index contributed by atoms with van der Waals surface area (Å²) < 4.78 is 24.8. The molecule has 0 saturated carbocycles. The zero-order chi connectivity index (χ0) is 39.6. The Labute approximate surface area is 336 Å². The van der Waals surface area contributed by atoms with Crippen LogP contribution in [0.25, 0.3) is 33.7 Å². The number of aromatic nitrogens is 1. The van der Waals surface area contributed by atoms with E-state index in [0.29, 0.717) is 11.0 Å². The molecule has 11 heteroatoms. The lowest BCUT2D eigenvalue weighted by Gasteiger charge is -2.41. The van der Waals surface area contributed by atoms with Gasteiger partial charge in [0.2, 0.25) is 0 Å². The first kappa shape index (κ1) is 39.5. The van der Waals surface area contributed by atoms with Gasteiger partial charge in [0.15, 0.2) is 12.1 Å². The Bertz CT molecular complexity index is 2170. The molecule has 7 rings (SSSR count). The van der Waals surface area contributed by atoms with Crippen LogP contribution in [0, 0.1) is 5.92 Å². The summed E-state index contributed by atoms with van der Waals surface area (Å²) in [5.74, 6) is 0.772. The van der Waals surface area contributed by atoms with Gasteiger partial charge in [-0.3, -0.25) is 4.79 Å². The van der Waals surface area contributed by atoms with Crippen molar-refractivity contribution in [1.82, 2.24) is 15.6 Å². The van der Waals surface area contributed by atoms with Crippen molar-refractivity contribution in [3.63, 3.8) is 0 Å². The summed E-state index contributed by atoms with van der Waals surface area (Å²) in [5, 5.41) is 15.6. The van der Waals surface area contributed by atoms with Crippen molar-refractivity contribution in [2.75, 3.05) is 18.9 Å². The summed E-state index contributed by atoms with van der Waals surface area (Å²) in [6, 6.07) is 43.4. The highest BCUT2D eigenvalue weighted by molar-refractivity contribution is 7.99. The van der Waals surface area contributed by atoms with Crippen LogP contribution >= 0.6 is 11.8 Å². The number of carbonyl (C=O) groups is 2. The van der Waals surface area contributed by atoms with Gasteiger partial charge >= 0.3 is 12.0 Å². The predicted octanol–water partition coefficient (Wildman–Crippen LogP) is 9.11. The molecule has 3 N–H and O–H groups in total. The van der Waals surface area contributed by atoms with Gasteiger partial charge < -0.3 is 34.4 Å². The fourth-order valence-corrected chi connectivity index (χ4v) is 7.77. The van der Waals surface area contributed by atoms with Crippen LogP contribution in [-0.2, 0) is 32.2 Å². The van der Waals surface area contributed by atoms with Gasteiger partial charge in [0.05, 0.1) is 25.4 Å². The van der Waals surface area contributed by atoms with E-state index < -0.39 is 18.3 Å². The molecule has 0 radical (unpaired) electrons. The number of urea groups is 1. The van der Waals surface area contributed by atoms with Crippen LogP contribution in [0.4, 0.5) is 4.79 Å². The van der Waals surface area contributed by atoms with Gasteiger partial charge in [-0.2, -0.15) is 0 Å². The third kappa shape index (κ3) is 9.81. The standard InChI is InChI=1S/C46H45N3O7S/c1-3-53-40(51)27-48-45(52)47-26-37-16-10-11-17-38(37)32-22-24-36(25-23-32)44-54-39(30(2)42(55-44)35-20-18-31(28-50)19-21-35)29-57-46-49-41(33-12-6-4-7-13-33)43(56-46)34-14-8-5-9-15-34/h4-25,30,39,42,44,50H,3,26-29H2,1-2H3,(H2,47,48,52)/t30-,39+,42+,44+/m1/s1. The van der Waals surface area contributed by atoms with E-state index in [-0.39, 0.29) is 44.4 Å². The third-order valence-electron chi connectivity index (χ3n) is 9.83. The zero-order valence-electron chi connectivity index (χ0n) is 31.8. The van der Waals surface area contributed by atoms with Crippen LogP contribution in [-0.4, -0.2) is 47.1 Å². The molecule has 0 bridgehead atoms. The number of thioether (sulfide) groups is 1. The highest BCUT2D eigenvalue weighted by Gasteiger charge is 2.39. The molecular formula is C46H45N3O7S. The normalized spacial score (nSPS) is 17.8. The molecule has 10 nitrogen and oxygen atoms in total. The molecule has 0 aliphatic carbocycles. The van der Waals surface area contributed by atoms with Crippen LogP contribution < -0.4 is 10.6 Å². The Balaban J connectivity index is 1.10. The van der Waals surface area contributed by atoms with Crippen molar-refractivity contribution in [1.29, 1.82) is 0 Å². The lowest BCUT2D eigenvalue weighted by Crippen LogP contribution is -2.38. The Morgan fingerprint density at radius 1 is 0.772 bits per heavy atom. The number of ether oxygens (including phenoxy) is 3. The molecule has 2 amide bonds. The van der Waals surface area contributed by atoms with Crippen LogP contribution in [0.1, 0.15) is 48.5 Å². The molecule has 6 aromatic rings. The van der Waals surface area contributed by atoms with Crippen molar-refractivity contribution in [3.8, 4) is 33.7 Å². The van der Waals surface area contributed by atoms with Crippen LogP contribution in [0.5, 0.6) is 0 Å². The Morgan fingerprint density at radius 3 is 2.14 bits per heavy atom. The van der Waals surface area contributed by atoms with Gasteiger partial charge in [-0.15, -0.1) is 0 Å². The molecule has 5 aromatic carbocycles. The van der Waals surface area contributed by atoms with Crippen molar-refractivity contribution in [2.45, 2.75) is 50.7 Å². The van der Waals surface area contributed by atoms with Gasteiger partial charge in [-0.05, 0) is 34.7 Å². The first-order chi connectivity index (χ1) is 27.9. The number of benzene rings is 5. The maximum absolute atomic E-state index is 12.4. The molecule has 0 spiro atoms. The topological polar surface area (TPSA) is 132 Å². The van der Waals surface area contributed by atoms with E-state index in [9.17, 15) is 14.7 Å². The lowest BCUT2D eigenvalue weighted by atomic mass is 9.91. The van der Waals surface area contributed by atoms with Crippen molar-refractivity contribution >= 4 is 23.8 Å². The summed E-state index contributed by atoms with van der Waals surface area (Å²) in [6.45, 7) is 4.13. The summed E-state index contributed by atoms with van der Waals surface area (Å²) in [7, 11) is 0. The molecule has 0 unspecified atom stereocenters. The second-order valence-corrected chi connectivity index (χ2v) is 14.6. The molecule has 57 heavy (non-hydrogen) atoms. The van der Waals surface area contributed by atoms with E-state index in [4.69, 9.17) is 23.6 Å². The average molecular weight is 784 g/mol. The molecule has 1 fully saturated rings. The second-order valence-electron chi connectivity index (χ2n) is 13.6. The smallest absolute Gasteiger partial charge is 0.325 e. The second kappa shape index (κ2) is 18.9. The number of aliphatic hydroxyl groups excluding tert-OH is 1. The number of aliphatic hydroxyl groups is 1. The summed E-state index contributed by atoms with van der Waals surface area (Å²) >= 11 is 1.52. The SMILES string of the molecule is CCOC(=O)CNC(=O)NCc1ccccc1-c1ccc([C@H]2O[C@@H](CSc3nc(-c4ccccc4)c(-c4ccccc4)o3)[C@@H](C)[C@@H](c3ccc(CO)cc3)O2)cc1. The number of nitrogens with zero attached hydrogens (tertiary/aromatic N) is 1. The maximum Gasteiger partial charge on any atom is 0.325 e. The van der Waals surface area contributed by atoms with Gasteiger partial charge in [0.25, 0.3) is 5.22 Å². The molecule has 1 saturated heterocycles.